The van der Waals surface area contributed by atoms with Crippen LogP contribution in [-0.2, 0) is 6.54 Å². The molecule has 2 aromatic carbocycles. The van der Waals surface area contributed by atoms with Crippen molar-refractivity contribution >= 4 is 0 Å². The summed E-state index contributed by atoms with van der Waals surface area (Å²) in [6, 6.07) is 21.4. The predicted octanol–water partition coefficient (Wildman–Crippen LogP) is 3.21. The van der Waals surface area contributed by atoms with Crippen molar-refractivity contribution in [2.75, 3.05) is 13.1 Å². The summed E-state index contributed by atoms with van der Waals surface area (Å²) in [6.45, 7) is 4.76. The number of hydrogen-bond donors (Lipinski definition) is 1. The van der Waals surface area contributed by atoms with Crippen molar-refractivity contribution in [3.63, 3.8) is 0 Å². The van der Waals surface area contributed by atoms with Gasteiger partial charge >= 0.3 is 0 Å². The molecule has 0 aliphatic carbocycles. The highest BCUT2D eigenvalue weighted by atomic mass is 15.2. The van der Waals surface area contributed by atoms with Gasteiger partial charge in [-0.05, 0) is 17.7 Å². The van der Waals surface area contributed by atoms with Crippen molar-refractivity contribution in [3.8, 4) is 0 Å². The quantitative estimate of drug-likeness (QED) is 0.857. The Labute approximate surface area is 115 Å². The molecule has 1 unspecified atom stereocenters. The molecule has 2 heteroatoms. The Kier molecular flexibility index (Phi) is 5.13. The van der Waals surface area contributed by atoms with Crippen LogP contribution in [0.5, 0.6) is 0 Å². The predicted molar refractivity (Wildman–Crippen MR) is 80.8 cm³/mol. The molecule has 0 aliphatic rings. The van der Waals surface area contributed by atoms with E-state index in [1.165, 1.54) is 11.1 Å². The van der Waals surface area contributed by atoms with Gasteiger partial charge < -0.3 is 5.73 Å². The van der Waals surface area contributed by atoms with E-state index in [-0.39, 0.29) is 6.04 Å². The topological polar surface area (TPSA) is 29.3 Å². The Hall–Kier alpha value is -1.64. The van der Waals surface area contributed by atoms with Crippen molar-refractivity contribution in [1.82, 2.24) is 4.90 Å². The van der Waals surface area contributed by atoms with Crippen LogP contribution < -0.4 is 5.73 Å². The number of nitrogens with zero attached hydrogens (tertiary/aromatic N) is 1. The van der Waals surface area contributed by atoms with Crippen molar-refractivity contribution < 1.29 is 0 Å². The molecule has 2 N–H and O–H groups in total. The van der Waals surface area contributed by atoms with E-state index < -0.39 is 0 Å². The lowest BCUT2D eigenvalue weighted by molar-refractivity contribution is 0.203. The smallest absolute Gasteiger partial charge is 0.0473 e. The molecule has 2 rings (SSSR count). The fraction of sp³-hybridized carbons (Fsp3) is 0.294. The van der Waals surface area contributed by atoms with Crippen LogP contribution in [-0.4, -0.2) is 18.0 Å². The molecule has 0 fully saturated rings. The molecule has 0 saturated heterocycles. The summed E-state index contributed by atoms with van der Waals surface area (Å²) in [6.07, 6.45) is 0. The summed E-state index contributed by atoms with van der Waals surface area (Å²) in [5.74, 6) is 0. The highest BCUT2D eigenvalue weighted by Crippen LogP contribution is 2.21. The van der Waals surface area contributed by atoms with Crippen LogP contribution in [0.15, 0.2) is 60.7 Å². The Morgan fingerprint density at radius 1 is 0.947 bits per heavy atom. The number of rotatable bonds is 6. The van der Waals surface area contributed by atoms with E-state index in [2.05, 4.69) is 66.4 Å². The van der Waals surface area contributed by atoms with Crippen LogP contribution in [0.4, 0.5) is 0 Å². The van der Waals surface area contributed by atoms with E-state index >= 15 is 0 Å². The molecule has 0 aromatic heterocycles. The van der Waals surface area contributed by atoms with Crippen LogP contribution in [0.2, 0.25) is 0 Å². The van der Waals surface area contributed by atoms with Crippen LogP contribution in [0, 0.1) is 0 Å². The maximum Gasteiger partial charge on any atom is 0.0473 e. The minimum atomic E-state index is 0.284. The lowest BCUT2D eigenvalue weighted by Gasteiger charge is -2.30. The van der Waals surface area contributed by atoms with E-state index in [0.717, 1.165) is 13.1 Å². The van der Waals surface area contributed by atoms with Crippen molar-refractivity contribution in [2.45, 2.75) is 19.5 Å². The summed E-state index contributed by atoms with van der Waals surface area (Å²) in [5, 5.41) is 0. The molecule has 100 valence electrons. The van der Waals surface area contributed by atoms with E-state index in [4.69, 9.17) is 5.73 Å². The van der Waals surface area contributed by atoms with Crippen LogP contribution in [0.3, 0.4) is 0 Å². The van der Waals surface area contributed by atoms with Crippen LogP contribution >= 0.6 is 0 Å². The van der Waals surface area contributed by atoms with Gasteiger partial charge in [-0.2, -0.15) is 0 Å². The van der Waals surface area contributed by atoms with E-state index in [9.17, 15) is 0 Å². The maximum atomic E-state index is 5.99. The van der Waals surface area contributed by atoms with E-state index in [1.807, 2.05) is 6.07 Å². The SMILES string of the molecule is CCN(Cc1ccccc1)C(CN)c1ccccc1. The summed E-state index contributed by atoms with van der Waals surface area (Å²) in [5.41, 5.74) is 8.62. The van der Waals surface area contributed by atoms with E-state index in [0.29, 0.717) is 6.54 Å². The van der Waals surface area contributed by atoms with Gasteiger partial charge in [-0.3, -0.25) is 4.90 Å². The fourth-order valence-electron chi connectivity index (χ4n) is 2.43. The van der Waals surface area contributed by atoms with Crippen molar-refractivity contribution in [1.29, 1.82) is 0 Å². The first-order valence-corrected chi connectivity index (χ1v) is 6.88. The molecule has 0 amide bonds. The molecule has 2 nitrogen and oxygen atoms in total. The molecule has 2 aromatic rings. The molecular weight excluding hydrogens is 232 g/mol. The standard InChI is InChI=1S/C17H22N2/c1-2-19(14-15-9-5-3-6-10-15)17(13-18)16-11-7-4-8-12-16/h3-12,17H,2,13-14,18H2,1H3. The zero-order chi connectivity index (χ0) is 13.5. The monoisotopic (exact) mass is 254 g/mol. The lowest BCUT2D eigenvalue weighted by atomic mass is 10.0. The first-order valence-electron chi connectivity index (χ1n) is 6.88. The molecule has 1 atom stereocenters. The van der Waals surface area contributed by atoms with Gasteiger partial charge in [0.15, 0.2) is 0 Å². The third kappa shape index (κ3) is 3.66. The molecule has 0 radical (unpaired) electrons. The molecular formula is C17H22N2. The lowest BCUT2D eigenvalue weighted by Crippen LogP contribution is -2.33. The highest BCUT2D eigenvalue weighted by Gasteiger charge is 2.17. The van der Waals surface area contributed by atoms with Gasteiger partial charge in [0.2, 0.25) is 0 Å². The number of hydrogen-bond acceptors (Lipinski definition) is 2. The number of likely N-dealkylation sites (N-methyl/N-ethyl adjacent to an activating group) is 1. The van der Waals surface area contributed by atoms with Gasteiger partial charge in [-0.15, -0.1) is 0 Å². The van der Waals surface area contributed by atoms with Crippen molar-refractivity contribution in [3.05, 3.63) is 71.8 Å². The second-order valence-electron chi connectivity index (χ2n) is 4.71. The van der Waals surface area contributed by atoms with Crippen LogP contribution in [0.25, 0.3) is 0 Å². The first kappa shape index (κ1) is 13.8. The van der Waals surface area contributed by atoms with Gasteiger partial charge in [0.25, 0.3) is 0 Å². The minimum absolute atomic E-state index is 0.284. The summed E-state index contributed by atoms with van der Waals surface area (Å²) in [4.78, 5) is 2.42. The first-order chi connectivity index (χ1) is 9.35. The van der Waals surface area contributed by atoms with Gasteiger partial charge in [-0.25, -0.2) is 0 Å². The Morgan fingerprint density at radius 3 is 2.05 bits per heavy atom. The van der Waals surface area contributed by atoms with Gasteiger partial charge in [0.05, 0.1) is 0 Å². The average Bonchev–Trinajstić information content (AvgIpc) is 2.49. The zero-order valence-corrected chi connectivity index (χ0v) is 11.5. The van der Waals surface area contributed by atoms with Gasteiger partial charge in [-0.1, -0.05) is 67.6 Å². The van der Waals surface area contributed by atoms with E-state index in [1.54, 1.807) is 0 Å². The molecule has 19 heavy (non-hydrogen) atoms. The molecule has 0 heterocycles. The largest absolute Gasteiger partial charge is 0.329 e. The molecule has 0 aliphatic heterocycles. The Bertz CT molecular complexity index is 467. The number of nitrogens with two attached hydrogens (primary N) is 1. The molecule has 0 spiro atoms. The molecule has 0 saturated carbocycles. The third-order valence-electron chi connectivity index (χ3n) is 3.48. The zero-order valence-electron chi connectivity index (χ0n) is 11.5. The minimum Gasteiger partial charge on any atom is -0.329 e. The average molecular weight is 254 g/mol. The van der Waals surface area contributed by atoms with Gasteiger partial charge in [0.1, 0.15) is 0 Å². The van der Waals surface area contributed by atoms with Crippen molar-refractivity contribution in [2.24, 2.45) is 5.73 Å². The fourth-order valence-corrected chi connectivity index (χ4v) is 2.43. The summed E-state index contributed by atoms with van der Waals surface area (Å²) in [7, 11) is 0. The Balaban J connectivity index is 2.15. The maximum absolute atomic E-state index is 5.99. The van der Waals surface area contributed by atoms with Gasteiger partial charge in [0, 0.05) is 19.1 Å². The third-order valence-corrected chi connectivity index (χ3v) is 3.48. The summed E-state index contributed by atoms with van der Waals surface area (Å²) < 4.78 is 0. The number of benzene rings is 2. The van der Waals surface area contributed by atoms with Crippen LogP contribution in [0.1, 0.15) is 24.1 Å². The second kappa shape index (κ2) is 7.07. The highest BCUT2D eigenvalue weighted by molar-refractivity contribution is 5.20. The summed E-state index contributed by atoms with van der Waals surface area (Å²) >= 11 is 0. The normalized spacial score (nSPS) is 12.6. The Morgan fingerprint density at radius 2 is 1.53 bits per heavy atom. The second-order valence-corrected chi connectivity index (χ2v) is 4.71. The molecule has 0 bridgehead atoms.